The molecule has 49 heavy (non-hydrogen) atoms. The van der Waals surface area contributed by atoms with E-state index in [4.69, 9.17) is 4.74 Å². The third-order valence-electron chi connectivity index (χ3n) is 10.2. The zero-order chi connectivity index (χ0) is 32.3. The van der Waals surface area contributed by atoms with E-state index in [1.807, 2.05) is 0 Å². The van der Waals surface area contributed by atoms with Crippen LogP contribution in [0, 0.1) is 0 Å². The molecule has 7 aromatic carbocycles. The van der Waals surface area contributed by atoms with E-state index in [0.29, 0.717) is 5.92 Å². The van der Waals surface area contributed by atoms with Crippen LogP contribution in [0.1, 0.15) is 23.3 Å². The lowest BCUT2D eigenvalue weighted by atomic mass is 9.91. The van der Waals surface area contributed by atoms with E-state index in [-0.39, 0.29) is 12.3 Å². The monoisotopic (exact) mass is 632 g/mol. The molecule has 2 heterocycles. The summed E-state index contributed by atoms with van der Waals surface area (Å²) in [6, 6.07) is 54.9. The van der Waals surface area contributed by atoms with Gasteiger partial charge in [-0.3, -0.25) is 5.32 Å². The van der Waals surface area contributed by atoms with Gasteiger partial charge in [-0.15, -0.1) is 0 Å². The second-order valence-electron chi connectivity index (χ2n) is 13.0. The minimum atomic E-state index is -0.103. The highest BCUT2D eigenvalue weighted by molar-refractivity contribution is 6.14. The maximum absolute atomic E-state index is 5.26. The first-order chi connectivity index (χ1) is 24.3. The molecule has 3 unspecified atom stereocenters. The summed E-state index contributed by atoms with van der Waals surface area (Å²) in [6.45, 7) is 0. The SMILES string of the molecule is C1=CC2c3ccc(N(c4ccccc4)c4ccc5ccc6ccc7c(c6c5c4)[OH+]C(c4ccccc4)N7)cc3N(c3ccccc3)C2C=C1. The van der Waals surface area contributed by atoms with Crippen molar-refractivity contribution in [3.05, 3.63) is 187 Å². The van der Waals surface area contributed by atoms with Gasteiger partial charge in [-0.25, -0.2) is 0 Å². The Morgan fingerprint density at radius 2 is 1.27 bits per heavy atom. The Morgan fingerprint density at radius 1 is 0.592 bits per heavy atom. The number of para-hydroxylation sites is 2. The molecule has 0 radical (unpaired) electrons. The van der Waals surface area contributed by atoms with Gasteiger partial charge in [0.15, 0.2) is 0 Å². The number of nitrogens with one attached hydrogen (secondary N) is 1. The van der Waals surface area contributed by atoms with Crippen LogP contribution in [0.5, 0.6) is 5.75 Å². The molecule has 1 aliphatic carbocycles. The average Bonchev–Trinajstić information content (AvgIpc) is 3.75. The van der Waals surface area contributed by atoms with Gasteiger partial charge in [0, 0.05) is 39.7 Å². The molecule has 0 saturated heterocycles. The van der Waals surface area contributed by atoms with Gasteiger partial charge in [0.05, 0.1) is 17.0 Å². The van der Waals surface area contributed by atoms with Crippen molar-refractivity contribution in [3.63, 3.8) is 0 Å². The fourth-order valence-electron chi connectivity index (χ4n) is 7.98. The molecule has 234 valence electrons. The number of anilines is 6. The van der Waals surface area contributed by atoms with Crippen molar-refractivity contribution < 1.29 is 4.74 Å². The highest BCUT2D eigenvalue weighted by atomic mass is 16.5. The molecule has 2 N–H and O–H groups in total. The van der Waals surface area contributed by atoms with E-state index < -0.39 is 0 Å². The second kappa shape index (κ2) is 11.2. The summed E-state index contributed by atoms with van der Waals surface area (Å²) in [7, 11) is 0. The maximum atomic E-state index is 5.26. The van der Waals surface area contributed by atoms with Gasteiger partial charge in [-0.1, -0.05) is 109 Å². The Bertz CT molecular complexity index is 2420. The first-order valence-corrected chi connectivity index (χ1v) is 17.0. The van der Waals surface area contributed by atoms with Crippen molar-refractivity contribution >= 4 is 55.7 Å². The lowest BCUT2D eigenvalue weighted by Crippen LogP contribution is -2.28. The number of allylic oxidation sites excluding steroid dienone is 2. The van der Waals surface area contributed by atoms with Crippen LogP contribution in [0.25, 0.3) is 21.5 Å². The van der Waals surface area contributed by atoms with E-state index in [1.54, 1.807) is 0 Å². The van der Waals surface area contributed by atoms with E-state index in [1.165, 1.54) is 38.5 Å². The van der Waals surface area contributed by atoms with Crippen molar-refractivity contribution in [3.8, 4) is 5.75 Å². The highest BCUT2D eigenvalue weighted by Crippen LogP contribution is 2.51. The summed E-state index contributed by atoms with van der Waals surface area (Å²) in [5, 5.41) is 8.43. The molecule has 3 atom stereocenters. The zero-order valence-corrected chi connectivity index (χ0v) is 26.8. The number of aromatic hydroxyl groups is 1. The Morgan fingerprint density at radius 3 is 2.10 bits per heavy atom. The second-order valence-corrected chi connectivity index (χ2v) is 13.0. The largest absolute Gasteiger partial charge is 0.560 e. The van der Waals surface area contributed by atoms with E-state index in [2.05, 4.69) is 191 Å². The maximum Gasteiger partial charge on any atom is 0.289 e. The predicted octanol–water partition coefficient (Wildman–Crippen LogP) is 11.6. The van der Waals surface area contributed by atoms with Crippen molar-refractivity contribution in [2.45, 2.75) is 18.2 Å². The van der Waals surface area contributed by atoms with Gasteiger partial charge in [-0.05, 0) is 83.1 Å². The molecule has 0 fully saturated rings. The summed E-state index contributed by atoms with van der Waals surface area (Å²) < 4.78 is 5.26. The molecule has 0 aromatic heterocycles. The number of hydrogen-bond donors (Lipinski definition) is 1. The molecule has 3 aliphatic rings. The third kappa shape index (κ3) is 4.52. The number of aliphatic hydroxyl groups is 1. The van der Waals surface area contributed by atoms with Crippen LogP contribution < -0.4 is 15.1 Å². The van der Waals surface area contributed by atoms with Crippen molar-refractivity contribution in [2.75, 3.05) is 15.1 Å². The van der Waals surface area contributed by atoms with E-state index in [0.717, 1.165) is 34.1 Å². The summed E-state index contributed by atoms with van der Waals surface area (Å²) in [4.78, 5) is 4.89. The number of rotatable bonds is 5. The van der Waals surface area contributed by atoms with E-state index in [9.17, 15) is 0 Å². The number of benzene rings is 7. The quantitative estimate of drug-likeness (QED) is 0.116. The van der Waals surface area contributed by atoms with Crippen LogP contribution in [-0.2, 0) is 0 Å². The Labute approximate surface area is 285 Å². The lowest BCUT2D eigenvalue weighted by Gasteiger charge is -2.30. The molecule has 0 spiro atoms. The van der Waals surface area contributed by atoms with E-state index >= 15 is 0 Å². The molecular formula is C45H34N3O+. The molecule has 0 amide bonds. The summed E-state index contributed by atoms with van der Waals surface area (Å²) >= 11 is 0. The van der Waals surface area contributed by atoms with Crippen molar-refractivity contribution in [1.82, 2.24) is 0 Å². The smallest absolute Gasteiger partial charge is 0.289 e. The Hall–Kier alpha value is -6.26. The minimum Gasteiger partial charge on any atom is -0.560 e. The van der Waals surface area contributed by atoms with Crippen molar-refractivity contribution in [1.29, 1.82) is 0 Å². The molecule has 4 nitrogen and oxygen atoms in total. The minimum absolute atomic E-state index is 0.103. The standard InChI is InChI=1S/C45H33N3O/c1-4-12-32(13-5-1)45-46-40-27-23-31-21-20-30-22-24-35(28-39(30)43(31)44(40)49-45)47(33-14-6-2-7-15-33)36-25-26-38-37-18-10-11-19-41(37)48(42(38)29-36)34-16-8-3-9-17-34/h1-29,37,41,45-46H/p+1. The summed E-state index contributed by atoms with van der Waals surface area (Å²) in [6.07, 6.45) is 8.94. The molecule has 0 bridgehead atoms. The fraction of sp³-hybridized carbons (Fsp3) is 0.0667. The fourth-order valence-corrected chi connectivity index (χ4v) is 7.98. The normalized spacial score (nSPS) is 18.5. The number of nitrogens with zero attached hydrogens (tertiary/aromatic N) is 2. The zero-order valence-electron chi connectivity index (χ0n) is 26.8. The van der Waals surface area contributed by atoms with Gasteiger partial charge in [0.1, 0.15) is 5.69 Å². The highest BCUT2D eigenvalue weighted by Gasteiger charge is 2.38. The Balaban J connectivity index is 1.14. The molecular weight excluding hydrogens is 599 g/mol. The molecule has 2 aliphatic heterocycles. The van der Waals surface area contributed by atoms with Crippen LogP contribution in [0.2, 0.25) is 0 Å². The van der Waals surface area contributed by atoms with Crippen molar-refractivity contribution in [2.24, 2.45) is 0 Å². The molecule has 10 rings (SSSR count). The van der Waals surface area contributed by atoms with Gasteiger partial charge < -0.3 is 14.5 Å². The van der Waals surface area contributed by atoms with Gasteiger partial charge in [0.25, 0.3) is 12.0 Å². The first kappa shape index (κ1) is 27.8. The Kier molecular flexibility index (Phi) is 6.34. The summed E-state index contributed by atoms with van der Waals surface area (Å²) in [5.41, 5.74) is 9.39. The summed E-state index contributed by atoms with van der Waals surface area (Å²) in [5.74, 6) is 1.34. The van der Waals surface area contributed by atoms with Crippen LogP contribution in [-0.4, -0.2) is 10.8 Å². The number of fused-ring (bicyclic) bond motifs is 8. The average molecular weight is 633 g/mol. The molecule has 4 heteroatoms. The van der Waals surface area contributed by atoms with Gasteiger partial charge in [0.2, 0.25) is 0 Å². The number of hydrogen-bond acceptors (Lipinski definition) is 3. The van der Waals surface area contributed by atoms with Crippen LogP contribution >= 0.6 is 0 Å². The van der Waals surface area contributed by atoms with Gasteiger partial charge in [-0.2, -0.15) is 0 Å². The molecule has 0 saturated carbocycles. The van der Waals surface area contributed by atoms with Crippen LogP contribution in [0.3, 0.4) is 0 Å². The topological polar surface area (TPSA) is 31.3 Å². The first-order valence-electron chi connectivity index (χ1n) is 17.0. The van der Waals surface area contributed by atoms with Crippen LogP contribution in [0.15, 0.2) is 176 Å². The number of ether oxygens (including phenoxy) is 1. The van der Waals surface area contributed by atoms with Crippen LogP contribution in [0.4, 0.5) is 34.1 Å². The third-order valence-corrected chi connectivity index (χ3v) is 10.2. The molecule has 7 aromatic rings. The van der Waals surface area contributed by atoms with Gasteiger partial charge >= 0.3 is 0 Å². The lowest BCUT2D eigenvalue weighted by molar-refractivity contribution is 0.0234. The predicted molar refractivity (Wildman–Crippen MR) is 204 cm³/mol.